The third kappa shape index (κ3) is 8.88. The summed E-state index contributed by atoms with van der Waals surface area (Å²) >= 11 is 0. The molecule has 0 rings (SSSR count). The molecule has 0 amide bonds. The Hall–Kier alpha value is 0.300. The fourth-order valence-corrected chi connectivity index (χ4v) is 1.86. The molecule has 0 aromatic carbocycles. The normalized spacial score (nSPS) is 17.6. The molecule has 0 radical (unpaired) electrons. The largest absolute Gasteiger partial charge is 0.326 e. The minimum Gasteiger partial charge on any atom is -0.326 e. The lowest BCUT2D eigenvalue weighted by atomic mass is 10.5. The van der Waals surface area contributed by atoms with Gasteiger partial charge in [-0.05, 0) is 13.3 Å². The summed E-state index contributed by atoms with van der Waals surface area (Å²) in [6, 6.07) is 0. The van der Waals surface area contributed by atoms with Crippen LogP contribution in [0, 0.1) is 0 Å². The van der Waals surface area contributed by atoms with Crippen LogP contribution in [-0.2, 0) is 22.7 Å². The van der Waals surface area contributed by atoms with E-state index < -0.39 is 22.6 Å². The van der Waals surface area contributed by atoms with Crippen LogP contribution in [0.2, 0.25) is 0 Å². The van der Waals surface area contributed by atoms with E-state index in [9.17, 15) is 9.13 Å². The highest BCUT2D eigenvalue weighted by molar-refractivity contribution is 7.33. The molecule has 3 atom stereocenters. The second kappa shape index (κ2) is 8.60. The van der Waals surface area contributed by atoms with Crippen LogP contribution in [0.15, 0.2) is 0 Å². The highest BCUT2D eigenvalue weighted by Gasteiger charge is 2.07. The monoisotopic (exact) mass is 246 g/mol. The van der Waals surface area contributed by atoms with Crippen molar-refractivity contribution in [3.63, 3.8) is 0 Å². The lowest BCUT2D eigenvalue weighted by Crippen LogP contribution is -2.10. The van der Waals surface area contributed by atoms with E-state index in [0.29, 0.717) is 6.61 Å². The Balaban J connectivity index is 3.50. The molecule has 0 bridgehead atoms. The van der Waals surface area contributed by atoms with Crippen LogP contribution < -0.4 is 0 Å². The Morgan fingerprint density at radius 2 is 2.00 bits per heavy atom. The van der Waals surface area contributed by atoms with Gasteiger partial charge in [-0.15, -0.1) is 0 Å². The Bertz CT molecular complexity index is 197. The van der Waals surface area contributed by atoms with E-state index in [1.54, 1.807) is 6.92 Å². The maximum Gasteiger partial charge on any atom is 0.319 e. The molecule has 3 unspecified atom stereocenters. The second-order valence-corrected chi connectivity index (χ2v) is 4.45. The van der Waals surface area contributed by atoms with Crippen LogP contribution in [0.25, 0.3) is 0 Å². The molecular weight excluding hydrogens is 230 g/mol. The van der Waals surface area contributed by atoms with Gasteiger partial charge in [-0.25, -0.2) is 0 Å². The van der Waals surface area contributed by atoms with Crippen LogP contribution in [0.5, 0.6) is 0 Å². The minimum absolute atomic E-state index is 0.0154. The van der Waals surface area contributed by atoms with Gasteiger partial charge in [-0.1, -0.05) is 6.92 Å². The highest BCUT2D eigenvalue weighted by Crippen LogP contribution is 2.26. The smallest absolute Gasteiger partial charge is 0.319 e. The van der Waals surface area contributed by atoms with Crippen molar-refractivity contribution in [2.45, 2.75) is 26.4 Å². The quantitative estimate of drug-likeness (QED) is 0.655. The van der Waals surface area contributed by atoms with E-state index in [4.69, 9.17) is 13.9 Å². The molecule has 8 heteroatoms. The van der Waals surface area contributed by atoms with Gasteiger partial charge in [0.25, 0.3) is 0 Å². The first kappa shape index (κ1) is 14.3. The SMILES string of the molecule is CCCO[PH](=O)OCC(C)O[PH](=O)O. The summed E-state index contributed by atoms with van der Waals surface area (Å²) in [4.78, 5) is 8.40. The first-order valence-electron chi connectivity index (χ1n) is 4.25. The number of rotatable bonds is 8. The van der Waals surface area contributed by atoms with Crippen molar-refractivity contribution in [2.24, 2.45) is 0 Å². The molecule has 1 N–H and O–H groups in total. The molecule has 0 aliphatic rings. The summed E-state index contributed by atoms with van der Waals surface area (Å²) in [6.45, 7) is 3.80. The standard InChI is InChI=1S/C6H16O6P2/c1-3-4-10-14(9)11-5-6(2)12-13(7)8/h6,13-14H,3-5H2,1-2H3,(H,7,8). The molecule has 0 aliphatic heterocycles. The zero-order valence-electron chi connectivity index (χ0n) is 8.19. The van der Waals surface area contributed by atoms with Crippen molar-refractivity contribution in [2.75, 3.05) is 13.2 Å². The lowest BCUT2D eigenvalue weighted by Gasteiger charge is -2.10. The molecule has 0 aromatic rings. The van der Waals surface area contributed by atoms with Gasteiger partial charge in [0.05, 0.1) is 19.3 Å². The maximum absolute atomic E-state index is 10.9. The Morgan fingerprint density at radius 3 is 2.50 bits per heavy atom. The average molecular weight is 246 g/mol. The molecule has 6 nitrogen and oxygen atoms in total. The summed E-state index contributed by atoms with van der Waals surface area (Å²) in [5, 5.41) is 0. The van der Waals surface area contributed by atoms with Crippen LogP contribution in [0.4, 0.5) is 0 Å². The van der Waals surface area contributed by atoms with Crippen molar-refractivity contribution < 1.29 is 27.6 Å². The van der Waals surface area contributed by atoms with E-state index >= 15 is 0 Å². The van der Waals surface area contributed by atoms with Crippen LogP contribution >= 0.6 is 16.5 Å². The topological polar surface area (TPSA) is 82.1 Å². The van der Waals surface area contributed by atoms with Crippen LogP contribution in [0.3, 0.4) is 0 Å². The van der Waals surface area contributed by atoms with Gasteiger partial charge in [0.1, 0.15) is 0 Å². The minimum atomic E-state index is -2.96. The third-order valence-electron chi connectivity index (χ3n) is 1.16. The lowest BCUT2D eigenvalue weighted by molar-refractivity contribution is 0.125. The van der Waals surface area contributed by atoms with Gasteiger partial charge in [0, 0.05) is 0 Å². The predicted molar refractivity (Wildman–Crippen MR) is 53.0 cm³/mol. The van der Waals surface area contributed by atoms with E-state index in [0.717, 1.165) is 6.42 Å². The maximum atomic E-state index is 10.9. The van der Waals surface area contributed by atoms with Gasteiger partial charge >= 0.3 is 16.5 Å². The third-order valence-corrected chi connectivity index (χ3v) is 2.61. The summed E-state index contributed by atoms with van der Waals surface area (Å²) in [7, 11) is -5.44. The molecule has 14 heavy (non-hydrogen) atoms. The summed E-state index contributed by atoms with van der Waals surface area (Å²) in [6.07, 6.45) is 0.196. The van der Waals surface area contributed by atoms with E-state index in [2.05, 4.69) is 4.52 Å². The van der Waals surface area contributed by atoms with E-state index in [1.165, 1.54) is 0 Å². The molecule has 0 saturated carbocycles. The fraction of sp³-hybridized carbons (Fsp3) is 1.00. The molecule has 0 aliphatic carbocycles. The Labute approximate surface area is 84.5 Å². The van der Waals surface area contributed by atoms with E-state index in [-0.39, 0.29) is 6.61 Å². The number of hydrogen-bond acceptors (Lipinski definition) is 5. The van der Waals surface area contributed by atoms with Crippen molar-refractivity contribution in [1.82, 2.24) is 0 Å². The summed E-state index contributed by atoms with van der Waals surface area (Å²) < 4.78 is 35.2. The molecule has 0 heterocycles. The highest BCUT2D eigenvalue weighted by atomic mass is 31.1. The van der Waals surface area contributed by atoms with Crippen molar-refractivity contribution in [3.8, 4) is 0 Å². The van der Waals surface area contributed by atoms with Gasteiger partial charge in [0.15, 0.2) is 0 Å². The average Bonchev–Trinajstić information content (AvgIpc) is 2.10. The predicted octanol–water partition coefficient (Wildman–Crippen LogP) is 1.61. The molecule has 0 fully saturated rings. The first-order valence-corrected chi connectivity index (χ1v) is 6.74. The molecule has 86 valence electrons. The van der Waals surface area contributed by atoms with Crippen molar-refractivity contribution >= 4 is 16.5 Å². The summed E-state index contributed by atoms with van der Waals surface area (Å²) in [5.41, 5.74) is 0. The number of hydrogen-bond donors (Lipinski definition) is 1. The molecule has 0 spiro atoms. The zero-order chi connectivity index (χ0) is 11.0. The van der Waals surface area contributed by atoms with Gasteiger partial charge in [-0.2, -0.15) is 0 Å². The Morgan fingerprint density at radius 1 is 1.36 bits per heavy atom. The first-order chi connectivity index (χ1) is 6.56. The molecule has 0 aromatic heterocycles. The fourth-order valence-electron chi connectivity index (χ4n) is 0.619. The molecule has 0 saturated heterocycles. The van der Waals surface area contributed by atoms with Gasteiger partial charge in [0.2, 0.25) is 0 Å². The second-order valence-electron chi connectivity index (χ2n) is 2.60. The van der Waals surface area contributed by atoms with Crippen LogP contribution in [0.1, 0.15) is 20.3 Å². The van der Waals surface area contributed by atoms with Gasteiger partial charge in [-0.3, -0.25) is 9.13 Å². The van der Waals surface area contributed by atoms with Crippen molar-refractivity contribution in [3.05, 3.63) is 0 Å². The van der Waals surface area contributed by atoms with Gasteiger partial charge < -0.3 is 18.5 Å². The Kier molecular flexibility index (Phi) is 8.78. The van der Waals surface area contributed by atoms with E-state index in [1.807, 2.05) is 6.92 Å². The molecular formula is C6H16O6P2. The summed E-state index contributed by atoms with van der Waals surface area (Å²) in [5.74, 6) is 0. The zero-order valence-corrected chi connectivity index (χ0v) is 10.2. The van der Waals surface area contributed by atoms with Crippen molar-refractivity contribution in [1.29, 1.82) is 0 Å². The van der Waals surface area contributed by atoms with Crippen LogP contribution in [-0.4, -0.2) is 24.2 Å².